The van der Waals surface area contributed by atoms with Crippen molar-refractivity contribution < 1.29 is 77.9 Å². The third-order valence-corrected chi connectivity index (χ3v) is 28.1. The second-order valence-electron chi connectivity index (χ2n) is 42.8. The summed E-state index contributed by atoms with van der Waals surface area (Å²) in [7, 11) is 0. The molecular weight excluding hydrogens is 1410 g/mol. The Balaban J connectivity index is 0.000000170. The Bertz CT molecular complexity index is 3370. The summed E-state index contributed by atoms with van der Waals surface area (Å²) in [5, 5.41) is 51.8. The van der Waals surface area contributed by atoms with Crippen LogP contribution in [-0.4, -0.2) is 104 Å². The number of esters is 4. The summed E-state index contributed by atoms with van der Waals surface area (Å²) in [6, 6.07) is 18.3. The van der Waals surface area contributed by atoms with Gasteiger partial charge in [0.25, 0.3) is 0 Å². The van der Waals surface area contributed by atoms with Crippen LogP contribution in [-0.2, 0) is 47.6 Å². The predicted molar refractivity (Wildman–Crippen MR) is 445 cm³/mol. The molecule has 0 radical (unpaired) electrons. The number of phenols is 2. The quantitative estimate of drug-likeness (QED) is 0.0319. The zero-order chi connectivity index (χ0) is 83.2. The average Bonchev–Trinajstić information content (AvgIpc) is 0.782. The van der Waals surface area contributed by atoms with Gasteiger partial charge in [-0.2, -0.15) is 0 Å². The highest BCUT2D eigenvalue weighted by Crippen LogP contribution is 2.61. The lowest BCUT2D eigenvalue weighted by atomic mass is 9.52. The molecule has 12 bridgehead atoms. The summed E-state index contributed by atoms with van der Waals surface area (Å²) in [6.45, 7) is 48.2. The van der Waals surface area contributed by atoms with Crippen LogP contribution in [0.5, 0.6) is 17.2 Å². The fourth-order valence-corrected chi connectivity index (χ4v) is 19.5. The molecule has 0 amide bonds. The van der Waals surface area contributed by atoms with Crippen LogP contribution in [0, 0.1) is 97.1 Å². The van der Waals surface area contributed by atoms with Crippen molar-refractivity contribution in [1.82, 2.24) is 0 Å². The SMILES string of the molecule is CCC(C)(C)C(=O)OC(OCC(C)(C)C)C1CC2CCC1C2.CCC(C)(C)C(=O)OC(OCC(C)(C)C)C1CC2CCC1C2.CCC(C)(C)C(=O)OC12CC3CC(CC(O)(C3)C1)C2.CCC(C)(C)C(=O)OC12CC3CC(CC(O)(C3)C1)C2.CCC(C)(C)C(O)Oc1ccc(O)cc1.CCC(C)c1ccc2cc(O)ccc2c1. The number of fused-ring (bicyclic) bond motifs is 5. The number of carbonyl (C=O) groups is 4. The standard InChI is InChI=1S/2C19H34O3.2C16H26O3.C14H16O.C12H18O3/c2*1-7-19(5,6)17(20)22-16(21-12-18(2,3)4)15-11-13-8-9-14(15)10-13;2*1-4-14(2,3)13(17)19-16-8-11-5-12(9-16)7-15(18,6-11)10-16;1-3-10(2)11-4-5-13-9-14(15)7-6-12(13)8-11;1-4-12(2,3)11(14)15-10-7-5-9(13)6-8-10/h2*13-16H,7-12H2,1-6H3;2*11-12,18H,4-10H2,1-3H3;4-10,15H,3H2,1-2H3;5-8,11,13-14H,4H2,1-3H3. The van der Waals surface area contributed by atoms with Crippen LogP contribution in [0.25, 0.3) is 10.8 Å². The van der Waals surface area contributed by atoms with E-state index in [9.17, 15) is 39.6 Å². The predicted octanol–water partition coefficient (Wildman–Crippen LogP) is 22.3. The van der Waals surface area contributed by atoms with Gasteiger partial charge < -0.3 is 58.7 Å². The van der Waals surface area contributed by atoms with Gasteiger partial charge in [-0.05, 0) is 313 Å². The normalized spacial score (nSPS) is 30.3. The number of ether oxygens (including phenoxy) is 7. The van der Waals surface area contributed by atoms with E-state index in [0.29, 0.717) is 90.8 Å². The van der Waals surface area contributed by atoms with Gasteiger partial charge in [-0.3, -0.25) is 19.2 Å². The smallest absolute Gasteiger partial charge is 0.313 e. The van der Waals surface area contributed by atoms with Gasteiger partial charge in [0.2, 0.25) is 18.9 Å². The molecule has 0 aliphatic heterocycles. The highest BCUT2D eigenvalue weighted by molar-refractivity contribution is 5.84. The number of hydrogen-bond donors (Lipinski definition) is 5. The maximum absolute atomic E-state index is 12.5. The monoisotopic (exact) mass is 1560 g/mol. The van der Waals surface area contributed by atoms with Gasteiger partial charge >= 0.3 is 23.9 Å². The molecule has 112 heavy (non-hydrogen) atoms. The summed E-state index contributed by atoms with van der Waals surface area (Å²) in [4.78, 5) is 49.7. The Morgan fingerprint density at radius 2 is 0.804 bits per heavy atom. The highest BCUT2D eigenvalue weighted by atomic mass is 16.7. The van der Waals surface area contributed by atoms with E-state index in [-0.39, 0.29) is 69.7 Å². The number of aliphatic hydroxyl groups is 3. The molecule has 0 saturated heterocycles. The minimum absolute atomic E-state index is 0.0828. The molecular formula is C96H154O16. The third kappa shape index (κ3) is 24.8. The first-order chi connectivity index (χ1) is 51.9. The van der Waals surface area contributed by atoms with E-state index < -0.39 is 39.2 Å². The second-order valence-corrected chi connectivity index (χ2v) is 42.8. The minimum Gasteiger partial charge on any atom is -0.508 e. The number of aliphatic hydroxyl groups excluding tert-OH is 1. The first-order valence-electron chi connectivity index (χ1n) is 43.9. The molecule has 0 spiro atoms. The third-order valence-electron chi connectivity index (χ3n) is 28.1. The zero-order valence-electron chi connectivity index (χ0n) is 73.9. The fraction of sp³-hybridized carbons (Fsp3) is 0.792. The van der Waals surface area contributed by atoms with E-state index in [1.165, 1.54) is 87.3 Å². The Labute approximate surface area is 676 Å². The molecule has 12 aliphatic rings. The van der Waals surface area contributed by atoms with E-state index in [1.807, 2.05) is 110 Å². The van der Waals surface area contributed by atoms with Gasteiger partial charge in [0.1, 0.15) is 28.5 Å². The van der Waals surface area contributed by atoms with Gasteiger partial charge in [-0.15, -0.1) is 0 Å². The highest BCUT2D eigenvalue weighted by Gasteiger charge is 2.61. The molecule has 12 aliphatic carbocycles. The summed E-state index contributed by atoms with van der Waals surface area (Å²) in [5.41, 5.74) is -2.25. The van der Waals surface area contributed by atoms with Gasteiger partial charge in [0.05, 0.1) is 46.1 Å². The summed E-state index contributed by atoms with van der Waals surface area (Å²) in [5.74, 6) is 7.35. The first-order valence-corrected chi connectivity index (χ1v) is 43.9. The topological polar surface area (TPSA) is 234 Å². The Kier molecular flexibility index (Phi) is 30.5. The van der Waals surface area contributed by atoms with Crippen LogP contribution >= 0.6 is 0 Å². The van der Waals surface area contributed by atoms with Crippen molar-refractivity contribution in [1.29, 1.82) is 0 Å². The molecule has 0 aromatic heterocycles. The first kappa shape index (κ1) is 92.5. The van der Waals surface area contributed by atoms with E-state index in [2.05, 4.69) is 73.6 Å². The summed E-state index contributed by atoms with van der Waals surface area (Å²) in [6.07, 6.45) is 25.1. The molecule has 5 N–H and O–H groups in total. The molecule has 15 rings (SSSR count). The molecule has 634 valence electrons. The lowest BCUT2D eigenvalue weighted by molar-refractivity contribution is -0.226. The maximum atomic E-state index is 12.5. The van der Waals surface area contributed by atoms with Crippen molar-refractivity contribution in [2.24, 2.45) is 97.1 Å². The lowest BCUT2D eigenvalue weighted by Crippen LogP contribution is -2.61. The zero-order valence-corrected chi connectivity index (χ0v) is 73.9. The Morgan fingerprint density at radius 3 is 1.13 bits per heavy atom. The summed E-state index contributed by atoms with van der Waals surface area (Å²) >= 11 is 0. The molecule has 16 heteroatoms. The number of phenolic OH excluding ortho intramolecular Hbond substituents is 2. The molecule has 3 aromatic carbocycles. The van der Waals surface area contributed by atoms with Gasteiger partial charge in [-0.25, -0.2) is 0 Å². The van der Waals surface area contributed by atoms with Crippen molar-refractivity contribution >= 4 is 34.6 Å². The van der Waals surface area contributed by atoms with Gasteiger partial charge in [0, 0.05) is 30.1 Å². The Hall–Kier alpha value is -5.00. The number of benzene rings is 3. The van der Waals surface area contributed by atoms with Crippen molar-refractivity contribution in [2.75, 3.05) is 13.2 Å². The van der Waals surface area contributed by atoms with E-state index >= 15 is 0 Å². The molecule has 0 heterocycles. The van der Waals surface area contributed by atoms with E-state index in [0.717, 1.165) is 107 Å². The Morgan fingerprint density at radius 1 is 0.438 bits per heavy atom. The molecule has 14 unspecified atom stereocenters. The molecule has 14 atom stereocenters. The van der Waals surface area contributed by atoms with Crippen LogP contribution in [0.4, 0.5) is 0 Å². The second kappa shape index (κ2) is 36.9. The van der Waals surface area contributed by atoms with Crippen molar-refractivity contribution in [3.8, 4) is 17.2 Å². The van der Waals surface area contributed by atoms with Crippen molar-refractivity contribution in [3.05, 3.63) is 66.2 Å². The van der Waals surface area contributed by atoms with E-state index in [4.69, 9.17) is 38.3 Å². The van der Waals surface area contributed by atoms with Crippen LogP contribution < -0.4 is 4.74 Å². The lowest BCUT2D eigenvalue weighted by Gasteiger charge is -2.59. The van der Waals surface area contributed by atoms with Gasteiger partial charge in [-0.1, -0.05) is 141 Å². The van der Waals surface area contributed by atoms with Crippen molar-refractivity contribution in [3.63, 3.8) is 0 Å². The van der Waals surface area contributed by atoms with Gasteiger partial charge in [0.15, 0.2) is 0 Å². The van der Waals surface area contributed by atoms with Crippen LogP contribution in [0.3, 0.4) is 0 Å². The largest absolute Gasteiger partial charge is 0.508 e. The minimum atomic E-state index is -0.841. The van der Waals surface area contributed by atoms with Crippen LogP contribution in [0.1, 0.15) is 338 Å². The van der Waals surface area contributed by atoms with Crippen LogP contribution in [0.2, 0.25) is 0 Å². The fourth-order valence-electron chi connectivity index (χ4n) is 19.5. The number of rotatable bonds is 24. The number of hydrogen-bond acceptors (Lipinski definition) is 16. The van der Waals surface area contributed by atoms with Crippen LogP contribution in [0.15, 0.2) is 60.7 Å². The van der Waals surface area contributed by atoms with E-state index in [1.54, 1.807) is 24.3 Å². The maximum Gasteiger partial charge on any atom is 0.313 e. The van der Waals surface area contributed by atoms with Crippen molar-refractivity contribution in [2.45, 2.75) is 373 Å². The molecule has 12 saturated carbocycles. The number of carbonyl (C=O) groups excluding carboxylic acids is 4. The average molecular weight is 1560 g/mol. The molecule has 3 aromatic rings. The number of aromatic hydroxyl groups is 2. The summed E-state index contributed by atoms with van der Waals surface area (Å²) < 4.78 is 41.3. The molecule has 16 nitrogen and oxygen atoms in total. The molecule has 12 fully saturated rings.